The first-order valence-corrected chi connectivity index (χ1v) is 7.23. The van der Waals surface area contributed by atoms with Crippen LogP contribution in [0.15, 0.2) is 6.33 Å². The highest BCUT2D eigenvalue weighted by atomic mass is 16.6. The fraction of sp³-hybridized carbons (Fsp3) is 0.615. The second kappa shape index (κ2) is 4.99. The van der Waals surface area contributed by atoms with Gasteiger partial charge in [-0.15, -0.1) is 0 Å². The number of anilines is 1. The van der Waals surface area contributed by atoms with E-state index in [4.69, 9.17) is 19.9 Å². The molecule has 2 aromatic heterocycles. The highest BCUT2D eigenvalue weighted by Crippen LogP contribution is 2.49. The second-order valence-electron chi connectivity index (χ2n) is 5.62. The Morgan fingerprint density at radius 3 is 2.91 bits per heavy atom. The van der Waals surface area contributed by atoms with Gasteiger partial charge in [0.05, 0.1) is 26.7 Å². The van der Waals surface area contributed by atoms with E-state index in [-0.39, 0.29) is 18.4 Å². The summed E-state index contributed by atoms with van der Waals surface area (Å²) in [5.41, 5.74) is 5.64. The van der Waals surface area contributed by atoms with Crippen LogP contribution in [0.5, 0.6) is 5.88 Å². The van der Waals surface area contributed by atoms with E-state index < -0.39 is 24.0 Å². The number of rotatable bonds is 3. The molecule has 1 spiro atoms. The molecule has 10 heteroatoms. The number of nitrogens with two attached hydrogens (primary N) is 1. The first-order chi connectivity index (χ1) is 11.1. The van der Waals surface area contributed by atoms with Crippen LogP contribution in [-0.4, -0.2) is 67.9 Å². The van der Waals surface area contributed by atoms with Crippen molar-refractivity contribution in [3.63, 3.8) is 0 Å². The van der Waals surface area contributed by atoms with Crippen molar-refractivity contribution in [3.05, 3.63) is 6.33 Å². The molecular weight excluding hydrogens is 306 g/mol. The Bertz CT molecular complexity index is 746. The van der Waals surface area contributed by atoms with E-state index in [1.165, 1.54) is 13.4 Å². The molecule has 2 saturated heterocycles. The van der Waals surface area contributed by atoms with Crippen molar-refractivity contribution in [1.29, 1.82) is 0 Å². The molecule has 0 amide bonds. The standard InChI is InChI=1S/C13H17N5O5/c1-21-10-7-9(16-12(14)17-10)18(5-15-7)11-13(2-3-22-13)8(20)6(4-19)23-11/h5-6,8,11,19-20H,2-4H2,1H3,(H2,14,16,17)/t6?,8-,11?,13+/m1/s1. The van der Waals surface area contributed by atoms with Gasteiger partial charge in [-0.3, -0.25) is 4.57 Å². The van der Waals surface area contributed by atoms with Crippen molar-refractivity contribution >= 4 is 17.1 Å². The van der Waals surface area contributed by atoms with Gasteiger partial charge in [-0.25, -0.2) is 4.98 Å². The second-order valence-corrected chi connectivity index (χ2v) is 5.62. The molecule has 4 heterocycles. The Hall–Kier alpha value is -2.01. The minimum Gasteiger partial charge on any atom is -0.479 e. The van der Waals surface area contributed by atoms with E-state index in [0.29, 0.717) is 24.2 Å². The topological polar surface area (TPSA) is 138 Å². The Morgan fingerprint density at radius 1 is 1.52 bits per heavy atom. The molecule has 0 saturated carbocycles. The fourth-order valence-corrected chi connectivity index (χ4v) is 3.25. The smallest absolute Gasteiger partial charge is 0.246 e. The molecule has 2 aliphatic rings. The van der Waals surface area contributed by atoms with Crippen molar-refractivity contribution in [2.75, 3.05) is 26.1 Å². The van der Waals surface area contributed by atoms with Crippen molar-refractivity contribution in [3.8, 4) is 5.88 Å². The normalized spacial score (nSPS) is 33.3. The molecule has 2 aromatic rings. The third kappa shape index (κ3) is 1.86. The van der Waals surface area contributed by atoms with Gasteiger partial charge in [0, 0.05) is 6.42 Å². The minimum absolute atomic E-state index is 0.0388. The molecule has 0 radical (unpaired) electrons. The van der Waals surface area contributed by atoms with Crippen LogP contribution in [0.25, 0.3) is 11.2 Å². The molecule has 124 valence electrons. The number of nitrogens with zero attached hydrogens (tertiary/aromatic N) is 4. The number of fused-ring (bicyclic) bond motifs is 1. The van der Waals surface area contributed by atoms with Gasteiger partial charge in [-0.1, -0.05) is 0 Å². The van der Waals surface area contributed by atoms with Crippen LogP contribution < -0.4 is 10.5 Å². The number of imidazole rings is 1. The molecule has 2 aliphatic heterocycles. The summed E-state index contributed by atoms with van der Waals surface area (Å²) in [6, 6.07) is 0. The average molecular weight is 323 g/mol. The van der Waals surface area contributed by atoms with Crippen LogP contribution >= 0.6 is 0 Å². The molecule has 0 aromatic carbocycles. The molecule has 4 atom stereocenters. The molecule has 4 N–H and O–H groups in total. The average Bonchev–Trinajstić information content (AvgIpc) is 3.04. The van der Waals surface area contributed by atoms with Gasteiger partial charge in [-0.05, 0) is 0 Å². The summed E-state index contributed by atoms with van der Waals surface area (Å²) in [4.78, 5) is 12.4. The lowest BCUT2D eigenvalue weighted by Gasteiger charge is -2.44. The van der Waals surface area contributed by atoms with Gasteiger partial charge < -0.3 is 30.2 Å². The van der Waals surface area contributed by atoms with Crippen LogP contribution in [0, 0.1) is 0 Å². The van der Waals surface area contributed by atoms with Crippen LogP contribution in [0.3, 0.4) is 0 Å². The lowest BCUT2D eigenvalue weighted by Crippen LogP contribution is -2.56. The van der Waals surface area contributed by atoms with Gasteiger partial charge in [0.2, 0.25) is 11.8 Å². The van der Waals surface area contributed by atoms with Crippen LogP contribution in [-0.2, 0) is 9.47 Å². The number of aromatic nitrogens is 4. The number of hydrogen-bond acceptors (Lipinski definition) is 9. The number of nitrogen functional groups attached to an aromatic ring is 1. The number of aliphatic hydroxyl groups is 2. The van der Waals surface area contributed by atoms with Crippen molar-refractivity contribution < 1.29 is 24.4 Å². The first kappa shape index (κ1) is 14.6. The number of methoxy groups -OCH3 is 1. The maximum Gasteiger partial charge on any atom is 0.246 e. The van der Waals surface area contributed by atoms with Gasteiger partial charge in [-0.2, -0.15) is 9.97 Å². The van der Waals surface area contributed by atoms with E-state index in [0.717, 1.165) is 0 Å². The van der Waals surface area contributed by atoms with Gasteiger partial charge >= 0.3 is 0 Å². The Kier molecular flexibility index (Phi) is 3.17. The summed E-state index contributed by atoms with van der Waals surface area (Å²) in [7, 11) is 1.47. The summed E-state index contributed by atoms with van der Waals surface area (Å²) in [6.07, 6.45) is -0.231. The van der Waals surface area contributed by atoms with Gasteiger partial charge in [0.1, 0.15) is 17.8 Å². The van der Waals surface area contributed by atoms with Crippen LogP contribution in [0.1, 0.15) is 12.6 Å². The molecule has 0 bridgehead atoms. The zero-order valence-electron chi connectivity index (χ0n) is 12.4. The fourth-order valence-electron chi connectivity index (χ4n) is 3.25. The summed E-state index contributed by atoms with van der Waals surface area (Å²) in [5.74, 6) is 0.295. The molecule has 10 nitrogen and oxygen atoms in total. The van der Waals surface area contributed by atoms with E-state index >= 15 is 0 Å². The predicted octanol–water partition coefficient (Wildman–Crippen LogP) is -1.17. The molecule has 4 rings (SSSR count). The maximum atomic E-state index is 10.4. The molecule has 0 aliphatic carbocycles. The molecule has 23 heavy (non-hydrogen) atoms. The number of aliphatic hydroxyl groups excluding tert-OH is 2. The lowest BCUT2D eigenvalue weighted by molar-refractivity contribution is -0.225. The first-order valence-electron chi connectivity index (χ1n) is 7.23. The summed E-state index contributed by atoms with van der Waals surface area (Å²) in [6.45, 7) is 0.206. The zero-order valence-corrected chi connectivity index (χ0v) is 12.4. The highest BCUT2D eigenvalue weighted by molar-refractivity contribution is 5.77. The maximum absolute atomic E-state index is 10.4. The molecule has 2 unspecified atom stereocenters. The summed E-state index contributed by atoms with van der Waals surface area (Å²) >= 11 is 0. The van der Waals surface area contributed by atoms with Crippen molar-refractivity contribution in [2.45, 2.75) is 30.5 Å². The van der Waals surface area contributed by atoms with Gasteiger partial charge in [0.25, 0.3) is 0 Å². The quantitative estimate of drug-likeness (QED) is 0.637. The third-order valence-corrected chi connectivity index (χ3v) is 4.47. The summed E-state index contributed by atoms with van der Waals surface area (Å²) < 4.78 is 18.3. The minimum atomic E-state index is -0.940. The van der Waals surface area contributed by atoms with Gasteiger partial charge in [0.15, 0.2) is 17.4 Å². The molecular formula is C13H17N5O5. The molecule has 2 fully saturated rings. The van der Waals surface area contributed by atoms with E-state index in [1.807, 2.05) is 0 Å². The largest absolute Gasteiger partial charge is 0.479 e. The number of hydrogen-bond donors (Lipinski definition) is 3. The Morgan fingerprint density at radius 2 is 2.30 bits per heavy atom. The Balaban J connectivity index is 1.84. The van der Waals surface area contributed by atoms with E-state index in [1.54, 1.807) is 4.57 Å². The predicted molar refractivity (Wildman–Crippen MR) is 76.6 cm³/mol. The van der Waals surface area contributed by atoms with Crippen LogP contribution in [0.2, 0.25) is 0 Å². The van der Waals surface area contributed by atoms with Crippen molar-refractivity contribution in [2.24, 2.45) is 0 Å². The third-order valence-electron chi connectivity index (χ3n) is 4.47. The lowest BCUT2D eigenvalue weighted by atomic mass is 9.86. The van der Waals surface area contributed by atoms with E-state index in [9.17, 15) is 10.2 Å². The Labute approximate surface area is 130 Å². The van der Waals surface area contributed by atoms with Crippen molar-refractivity contribution in [1.82, 2.24) is 19.5 Å². The highest BCUT2D eigenvalue weighted by Gasteiger charge is 2.61. The monoisotopic (exact) mass is 323 g/mol. The number of ether oxygens (including phenoxy) is 3. The van der Waals surface area contributed by atoms with E-state index in [2.05, 4.69) is 15.0 Å². The summed E-state index contributed by atoms with van der Waals surface area (Å²) in [5, 5.41) is 19.8. The SMILES string of the molecule is COc1nc(N)nc2c1ncn2C1OC(CO)[C@@H](O)[C@@]12CCO2. The van der Waals surface area contributed by atoms with Crippen LogP contribution in [0.4, 0.5) is 5.95 Å². The zero-order chi connectivity index (χ0) is 16.2.